The average molecular weight is 304 g/mol. The number of sulfonamides is 1. The maximum Gasteiger partial charge on any atom is 0.304 e. The van der Waals surface area contributed by atoms with E-state index in [2.05, 4.69) is 4.72 Å². The highest BCUT2D eigenvalue weighted by Gasteiger charge is 2.13. The number of aliphatic carboxylic acids is 1. The Morgan fingerprint density at radius 2 is 2.15 bits per heavy atom. The maximum absolute atomic E-state index is 11.6. The lowest BCUT2D eigenvalue weighted by molar-refractivity contribution is -0.136. The second kappa shape index (κ2) is 7.06. The van der Waals surface area contributed by atoms with E-state index in [1.165, 1.54) is 30.0 Å². The highest BCUT2D eigenvalue weighted by Crippen LogP contribution is 2.07. The Morgan fingerprint density at radius 3 is 2.75 bits per heavy atom. The Balaban J connectivity index is 2.82. The van der Waals surface area contributed by atoms with E-state index in [9.17, 15) is 18.0 Å². The summed E-state index contributed by atoms with van der Waals surface area (Å²) < 4.78 is 31.6. The summed E-state index contributed by atoms with van der Waals surface area (Å²) in [5, 5.41) is 8.47. The SMILES string of the molecule is COCCn1cc(NS(=O)(=O)CCC(=O)O)ccc1=O. The zero-order valence-corrected chi connectivity index (χ0v) is 11.7. The molecular formula is C11H16N2O6S. The summed E-state index contributed by atoms with van der Waals surface area (Å²) in [6, 6.07) is 2.55. The number of rotatable bonds is 8. The predicted octanol–water partition coefficient (Wildman–Crippen LogP) is -0.289. The van der Waals surface area contributed by atoms with Gasteiger partial charge in [0.25, 0.3) is 5.56 Å². The smallest absolute Gasteiger partial charge is 0.304 e. The molecule has 0 atom stereocenters. The number of carbonyl (C=O) groups is 1. The van der Waals surface area contributed by atoms with Crippen LogP contribution >= 0.6 is 0 Å². The van der Waals surface area contributed by atoms with E-state index < -0.39 is 28.2 Å². The number of nitrogens with zero attached hydrogens (tertiary/aromatic N) is 1. The van der Waals surface area contributed by atoms with Crippen LogP contribution in [0.25, 0.3) is 0 Å². The number of hydrogen-bond acceptors (Lipinski definition) is 5. The van der Waals surface area contributed by atoms with Crippen molar-refractivity contribution < 1.29 is 23.1 Å². The van der Waals surface area contributed by atoms with Crippen LogP contribution < -0.4 is 10.3 Å². The van der Waals surface area contributed by atoms with Crippen LogP contribution in [-0.2, 0) is 26.1 Å². The van der Waals surface area contributed by atoms with Gasteiger partial charge in [0.1, 0.15) is 0 Å². The lowest BCUT2D eigenvalue weighted by atomic mass is 10.4. The Kier molecular flexibility index (Phi) is 5.71. The molecule has 0 aliphatic heterocycles. The number of nitrogens with one attached hydrogen (secondary N) is 1. The first kappa shape index (κ1) is 16.2. The quantitative estimate of drug-likeness (QED) is 0.682. The van der Waals surface area contributed by atoms with E-state index in [0.29, 0.717) is 13.2 Å². The summed E-state index contributed by atoms with van der Waals surface area (Å²) in [6.45, 7) is 0.606. The van der Waals surface area contributed by atoms with Gasteiger partial charge in [0.05, 0.1) is 24.5 Å². The van der Waals surface area contributed by atoms with Crippen LogP contribution in [0.4, 0.5) is 5.69 Å². The van der Waals surface area contributed by atoms with Crippen molar-refractivity contribution in [2.45, 2.75) is 13.0 Å². The molecule has 0 aliphatic rings. The summed E-state index contributed by atoms with van der Waals surface area (Å²) in [4.78, 5) is 21.9. The van der Waals surface area contributed by atoms with Gasteiger partial charge in [-0.2, -0.15) is 0 Å². The average Bonchev–Trinajstić information content (AvgIpc) is 2.37. The van der Waals surface area contributed by atoms with E-state index in [1.807, 2.05) is 0 Å². The Morgan fingerprint density at radius 1 is 1.45 bits per heavy atom. The molecule has 0 bridgehead atoms. The molecule has 1 aromatic heterocycles. The zero-order chi connectivity index (χ0) is 15.2. The van der Waals surface area contributed by atoms with E-state index in [1.54, 1.807) is 0 Å². The summed E-state index contributed by atoms with van der Waals surface area (Å²) in [5.74, 6) is -1.72. The van der Waals surface area contributed by atoms with Gasteiger partial charge >= 0.3 is 5.97 Å². The molecule has 0 amide bonds. The minimum Gasteiger partial charge on any atom is -0.481 e. The third-order valence-electron chi connectivity index (χ3n) is 2.38. The van der Waals surface area contributed by atoms with Crippen molar-refractivity contribution in [3.8, 4) is 0 Å². The van der Waals surface area contributed by atoms with Crippen LogP contribution in [0.5, 0.6) is 0 Å². The van der Waals surface area contributed by atoms with Gasteiger partial charge in [0, 0.05) is 25.9 Å². The maximum atomic E-state index is 11.6. The molecule has 2 N–H and O–H groups in total. The molecule has 0 unspecified atom stereocenters. The second-order valence-corrected chi connectivity index (χ2v) is 5.85. The van der Waals surface area contributed by atoms with Gasteiger partial charge in [0.15, 0.2) is 0 Å². The first-order valence-corrected chi connectivity index (χ1v) is 7.41. The highest BCUT2D eigenvalue weighted by molar-refractivity contribution is 7.92. The van der Waals surface area contributed by atoms with Gasteiger partial charge in [-0.05, 0) is 6.07 Å². The number of carboxylic acid groups (broad SMARTS) is 1. The highest BCUT2D eigenvalue weighted by atomic mass is 32.2. The van der Waals surface area contributed by atoms with Gasteiger partial charge in [-0.1, -0.05) is 0 Å². The van der Waals surface area contributed by atoms with Crippen molar-refractivity contribution in [2.75, 3.05) is 24.2 Å². The molecule has 112 valence electrons. The van der Waals surface area contributed by atoms with Crippen LogP contribution in [0.2, 0.25) is 0 Å². The molecule has 0 fully saturated rings. The lowest BCUT2D eigenvalue weighted by Gasteiger charge is -2.10. The largest absolute Gasteiger partial charge is 0.481 e. The topological polar surface area (TPSA) is 115 Å². The molecule has 0 radical (unpaired) electrons. The van der Waals surface area contributed by atoms with Crippen LogP contribution in [0.1, 0.15) is 6.42 Å². The molecule has 8 nitrogen and oxygen atoms in total. The number of pyridine rings is 1. The van der Waals surface area contributed by atoms with Crippen molar-refractivity contribution in [3.05, 3.63) is 28.7 Å². The van der Waals surface area contributed by atoms with E-state index >= 15 is 0 Å². The number of carboxylic acids is 1. The van der Waals surface area contributed by atoms with E-state index in [0.717, 1.165) is 0 Å². The molecule has 0 saturated heterocycles. The van der Waals surface area contributed by atoms with Crippen molar-refractivity contribution in [3.63, 3.8) is 0 Å². The number of hydrogen-bond donors (Lipinski definition) is 2. The molecule has 1 rings (SSSR count). The molecule has 9 heteroatoms. The fraction of sp³-hybridized carbons (Fsp3) is 0.455. The third kappa shape index (κ3) is 5.41. The monoisotopic (exact) mass is 304 g/mol. The van der Waals surface area contributed by atoms with E-state index in [4.69, 9.17) is 9.84 Å². The molecular weight excluding hydrogens is 288 g/mol. The van der Waals surface area contributed by atoms with Crippen molar-refractivity contribution in [1.82, 2.24) is 4.57 Å². The van der Waals surface area contributed by atoms with Crippen molar-refractivity contribution in [1.29, 1.82) is 0 Å². The van der Waals surface area contributed by atoms with Crippen LogP contribution in [0.3, 0.4) is 0 Å². The molecule has 0 spiro atoms. The van der Waals surface area contributed by atoms with Crippen LogP contribution in [0, 0.1) is 0 Å². The summed E-state index contributed by atoms with van der Waals surface area (Å²) in [5.41, 5.74) is -0.0818. The van der Waals surface area contributed by atoms with Gasteiger partial charge in [-0.25, -0.2) is 8.42 Å². The van der Waals surface area contributed by atoms with E-state index in [-0.39, 0.29) is 11.2 Å². The summed E-state index contributed by atoms with van der Waals surface area (Å²) >= 11 is 0. The van der Waals surface area contributed by atoms with Gasteiger partial charge in [-0.3, -0.25) is 14.3 Å². The second-order valence-electron chi connectivity index (χ2n) is 4.01. The van der Waals surface area contributed by atoms with Crippen LogP contribution in [-0.4, -0.2) is 43.5 Å². The minimum absolute atomic E-state index is 0.200. The number of anilines is 1. The van der Waals surface area contributed by atoms with Crippen molar-refractivity contribution in [2.24, 2.45) is 0 Å². The van der Waals surface area contributed by atoms with Crippen molar-refractivity contribution >= 4 is 21.7 Å². The first-order valence-electron chi connectivity index (χ1n) is 5.76. The Bertz CT molecular complexity index is 622. The molecule has 0 aromatic carbocycles. The molecule has 0 aliphatic carbocycles. The van der Waals surface area contributed by atoms with Gasteiger partial charge in [-0.15, -0.1) is 0 Å². The molecule has 1 heterocycles. The lowest BCUT2D eigenvalue weighted by Crippen LogP contribution is -2.23. The first-order chi connectivity index (χ1) is 9.34. The number of methoxy groups -OCH3 is 1. The Labute approximate surface area is 116 Å². The zero-order valence-electron chi connectivity index (χ0n) is 10.9. The number of ether oxygens (including phenoxy) is 1. The van der Waals surface area contributed by atoms with Gasteiger partial charge in [0.2, 0.25) is 10.0 Å². The summed E-state index contributed by atoms with van der Waals surface area (Å²) in [6.07, 6.45) is 0.859. The molecule has 20 heavy (non-hydrogen) atoms. The minimum atomic E-state index is -3.76. The standard InChI is InChI=1S/C11H16N2O6S/c1-19-6-5-13-8-9(2-3-10(13)14)12-20(17,18)7-4-11(15)16/h2-3,8,12H,4-7H2,1H3,(H,15,16). The third-order valence-corrected chi connectivity index (χ3v) is 3.67. The van der Waals surface area contributed by atoms with Crippen LogP contribution in [0.15, 0.2) is 23.1 Å². The normalized spacial score (nSPS) is 11.2. The fourth-order valence-electron chi connectivity index (χ4n) is 1.41. The molecule has 0 saturated carbocycles. The molecule has 1 aromatic rings. The Hall–Kier alpha value is -1.87. The van der Waals surface area contributed by atoms with Gasteiger partial charge < -0.3 is 14.4 Å². The fourth-order valence-corrected chi connectivity index (χ4v) is 2.43. The summed E-state index contributed by atoms with van der Waals surface area (Å²) in [7, 11) is -2.27. The predicted molar refractivity (Wildman–Crippen MR) is 72.2 cm³/mol. The number of aromatic nitrogens is 1.